The fourth-order valence-corrected chi connectivity index (χ4v) is 2.69. The topological polar surface area (TPSA) is 115 Å². The van der Waals surface area contributed by atoms with Crippen LogP contribution in [-0.2, 0) is 11.3 Å². The summed E-state index contributed by atoms with van der Waals surface area (Å²) in [7, 11) is 0. The van der Waals surface area contributed by atoms with Crippen LogP contribution in [-0.4, -0.2) is 43.8 Å². The van der Waals surface area contributed by atoms with Crippen molar-refractivity contribution < 1.29 is 19.4 Å². The third kappa shape index (κ3) is 3.29. The fraction of sp³-hybridized carbons (Fsp3) is 0.529. The summed E-state index contributed by atoms with van der Waals surface area (Å²) in [6, 6.07) is 1.41. The number of fused-ring (bicyclic) bond motifs is 1. The van der Waals surface area contributed by atoms with E-state index in [0.717, 1.165) is 17.4 Å². The molecule has 0 bridgehead atoms. The first kappa shape index (κ1) is 18.0. The van der Waals surface area contributed by atoms with Crippen LogP contribution in [0.4, 0.5) is 0 Å². The van der Waals surface area contributed by atoms with Gasteiger partial charge in [0.25, 0.3) is 11.5 Å². The molecule has 2 heterocycles. The number of amides is 1. The maximum Gasteiger partial charge on any atom is 0.358 e. The molecule has 0 spiro atoms. The first-order valence-electron chi connectivity index (χ1n) is 8.67. The number of nitrogens with zero attached hydrogens (tertiary/aromatic N) is 3. The molecular formula is C17H22N4O5. The standard InChI is InChI=1S/C17H22N4O5/c1-4-26-17(25)11-7-12-20(8-9(2)3)15(23)13(16(24)21(12)19-11)14(22)18-10-5-6-10/h7,9-10,23H,4-6,8H2,1-3H3,(H,18,22). The zero-order chi connectivity index (χ0) is 19.0. The van der Waals surface area contributed by atoms with E-state index in [1.165, 1.54) is 10.6 Å². The lowest BCUT2D eigenvalue weighted by atomic mass is 10.2. The molecule has 1 aliphatic carbocycles. The summed E-state index contributed by atoms with van der Waals surface area (Å²) >= 11 is 0. The van der Waals surface area contributed by atoms with Crippen molar-refractivity contribution in [1.82, 2.24) is 19.5 Å². The number of aromatic hydroxyl groups is 1. The maximum atomic E-state index is 12.7. The quantitative estimate of drug-likeness (QED) is 0.739. The first-order valence-corrected chi connectivity index (χ1v) is 8.67. The third-order valence-electron chi connectivity index (χ3n) is 4.02. The number of carbonyl (C=O) groups is 2. The second kappa shape index (κ2) is 6.81. The Bertz CT molecular complexity index is 923. The second-order valence-electron chi connectivity index (χ2n) is 6.78. The van der Waals surface area contributed by atoms with E-state index >= 15 is 0 Å². The zero-order valence-electron chi connectivity index (χ0n) is 15.0. The Balaban J connectivity index is 2.19. The minimum Gasteiger partial charge on any atom is -0.494 e. The van der Waals surface area contributed by atoms with Gasteiger partial charge in [-0.2, -0.15) is 9.61 Å². The van der Waals surface area contributed by atoms with Crippen molar-refractivity contribution in [3.05, 3.63) is 27.7 Å². The van der Waals surface area contributed by atoms with Crippen LogP contribution in [0.2, 0.25) is 0 Å². The highest BCUT2D eigenvalue weighted by Gasteiger charge is 2.30. The predicted molar refractivity (Wildman–Crippen MR) is 92.4 cm³/mol. The molecule has 140 valence electrons. The molecule has 0 aromatic carbocycles. The third-order valence-corrected chi connectivity index (χ3v) is 4.02. The van der Waals surface area contributed by atoms with Crippen LogP contribution in [0.25, 0.3) is 5.65 Å². The van der Waals surface area contributed by atoms with E-state index in [9.17, 15) is 19.5 Å². The molecule has 1 saturated carbocycles. The number of aromatic nitrogens is 3. The van der Waals surface area contributed by atoms with E-state index in [4.69, 9.17) is 4.74 Å². The van der Waals surface area contributed by atoms with Gasteiger partial charge in [0.2, 0.25) is 5.88 Å². The zero-order valence-corrected chi connectivity index (χ0v) is 15.0. The molecule has 1 fully saturated rings. The number of rotatable bonds is 6. The predicted octanol–water partition coefficient (Wildman–Crippen LogP) is 0.926. The van der Waals surface area contributed by atoms with Crippen LogP contribution in [0, 0.1) is 5.92 Å². The lowest BCUT2D eigenvalue weighted by Gasteiger charge is -2.16. The number of hydrogen-bond acceptors (Lipinski definition) is 6. The molecule has 2 N–H and O–H groups in total. The van der Waals surface area contributed by atoms with Gasteiger partial charge in [-0.3, -0.25) is 14.2 Å². The highest BCUT2D eigenvalue weighted by atomic mass is 16.5. The van der Waals surface area contributed by atoms with Crippen LogP contribution in [0.15, 0.2) is 10.9 Å². The summed E-state index contributed by atoms with van der Waals surface area (Å²) in [4.78, 5) is 37.1. The Hall–Kier alpha value is -2.84. The summed E-state index contributed by atoms with van der Waals surface area (Å²) in [5.74, 6) is -1.62. The molecular weight excluding hydrogens is 340 g/mol. The Labute approximate surface area is 149 Å². The average molecular weight is 362 g/mol. The molecule has 26 heavy (non-hydrogen) atoms. The molecule has 9 nitrogen and oxygen atoms in total. The number of ether oxygens (including phenoxy) is 1. The SMILES string of the molecule is CCOC(=O)c1cc2n(CC(C)C)c(O)c(C(=O)NC3CC3)c(=O)n2n1. The number of esters is 1. The van der Waals surface area contributed by atoms with Crippen molar-refractivity contribution >= 4 is 17.5 Å². The monoisotopic (exact) mass is 362 g/mol. The van der Waals surface area contributed by atoms with Gasteiger partial charge in [0.15, 0.2) is 11.3 Å². The molecule has 0 atom stereocenters. The molecule has 0 unspecified atom stereocenters. The van der Waals surface area contributed by atoms with Crippen LogP contribution in [0.3, 0.4) is 0 Å². The summed E-state index contributed by atoms with van der Waals surface area (Å²) in [5.41, 5.74) is -0.970. The minimum atomic E-state index is -0.772. The molecule has 2 aromatic rings. The molecule has 0 saturated heterocycles. The molecule has 1 aliphatic rings. The van der Waals surface area contributed by atoms with Crippen molar-refractivity contribution in [1.29, 1.82) is 0 Å². The van der Waals surface area contributed by atoms with E-state index in [-0.39, 0.29) is 35.5 Å². The Kier molecular flexibility index (Phi) is 4.71. The fourth-order valence-electron chi connectivity index (χ4n) is 2.69. The van der Waals surface area contributed by atoms with E-state index < -0.39 is 23.3 Å². The van der Waals surface area contributed by atoms with E-state index in [2.05, 4.69) is 10.4 Å². The van der Waals surface area contributed by atoms with Gasteiger partial charge in [-0.25, -0.2) is 4.79 Å². The Morgan fingerprint density at radius 2 is 2.12 bits per heavy atom. The maximum absolute atomic E-state index is 12.7. The van der Waals surface area contributed by atoms with Crippen molar-refractivity contribution in [3.63, 3.8) is 0 Å². The number of hydrogen-bond donors (Lipinski definition) is 2. The van der Waals surface area contributed by atoms with Gasteiger partial charge in [0.05, 0.1) is 6.61 Å². The highest BCUT2D eigenvalue weighted by molar-refractivity contribution is 5.97. The summed E-state index contributed by atoms with van der Waals surface area (Å²) in [6.07, 6.45) is 1.70. The van der Waals surface area contributed by atoms with E-state index in [1.54, 1.807) is 6.92 Å². The van der Waals surface area contributed by atoms with Gasteiger partial charge in [-0.1, -0.05) is 13.8 Å². The molecule has 9 heteroatoms. The molecule has 2 aromatic heterocycles. The van der Waals surface area contributed by atoms with Gasteiger partial charge >= 0.3 is 5.97 Å². The van der Waals surface area contributed by atoms with Gasteiger partial charge in [-0.15, -0.1) is 0 Å². The van der Waals surface area contributed by atoms with Crippen LogP contribution in [0.5, 0.6) is 5.88 Å². The van der Waals surface area contributed by atoms with E-state index in [1.807, 2.05) is 13.8 Å². The average Bonchev–Trinajstić information content (AvgIpc) is 3.25. The largest absolute Gasteiger partial charge is 0.494 e. The smallest absolute Gasteiger partial charge is 0.358 e. The van der Waals surface area contributed by atoms with Gasteiger partial charge in [0.1, 0.15) is 5.65 Å². The number of carbonyl (C=O) groups excluding carboxylic acids is 2. The Morgan fingerprint density at radius 1 is 1.42 bits per heavy atom. The lowest BCUT2D eigenvalue weighted by Crippen LogP contribution is -2.34. The van der Waals surface area contributed by atoms with Gasteiger partial charge in [0, 0.05) is 18.7 Å². The van der Waals surface area contributed by atoms with Gasteiger partial charge < -0.3 is 15.2 Å². The van der Waals surface area contributed by atoms with Crippen molar-refractivity contribution in [3.8, 4) is 5.88 Å². The number of nitrogens with one attached hydrogen (secondary N) is 1. The summed E-state index contributed by atoms with van der Waals surface area (Å²) < 4.78 is 7.31. The van der Waals surface area contributed by atoms with Crippen molar-refractivity contribution in [2.24, 2.45) is 5.92 Å². The lowest BCUT2D eigenvalue weighted by molar-refractivity contribution is 0.0519. The van der Waals surface area contributed by atoms with Crippen LogP contribution >= 0.6 is 0 Å². The Morgan fingerprint density at radius 3 is 2.69 bits per heavy atom. The molecule has 1 amide bonds. The summed E-state index contributed by atoms with van der Waals surface area (Å²) in [5, 5.41) is 17.3. The van der Waals surface area contributed by atoms with E-state index in [0.29, 0.717) is 6.54 Å². The minimum absolute atomic E-state index is 0.0308. The first-order chi connectivity index (χ1) is 12.3. The van der Waals surface area contributed by atoms with Crippen LogP contribution < -0.4 is 10.9 Å². The molecule has 3 rings (SSSR count). The van der Waals surface area contributed by atoms with Crippen molar-refractivity contribution in [2.45, 2.75) is 46.2 Å². The van der Waals surface area contributed by atoms with Crippen molar-refractivity contribution in [2.75, 3.05) is 6.61 Å². The highest BCUT2D eigenvalue weighted by Crippen LogP contribution is 2.23. The second-order valence-corrected chi connectivity index (χ2v) is 6.78. The van der Waals surface area contributed by atoms with Crippen LogP contribution in [0.1, 0.15) is 54.5 Å². The molecule has 0 radical (unpaired) electrons. The normalized spacial score (nSPS) is 14.0. The molecule has 0 aliphatic heterocycles. The van der Waals surface area contributed by atoms with Gasteiger partial charge in [-0.05, 0) is 25.7 Å². The summed E-state index contributed by atoms with van der Waals surface area (Å²) in [6.45, 7) is 6.04.